The second-order valence-electron chi connectivity index (χ2n) is 13.0. The number of aliphatic carboxylic acids is 2. The zero-order valence-corrected chi connectivity index (χ0v) is 28.4. The monoisotopic (exact) mass is 673 g/mol. The Morgan fingerprint density at radius 3 is 2.41 bits per heavy atom. The number of aliphatic hydroxyl groups is 2. The fourth-order valence-electron chi connectivity index (χ4n) is 7.40. The summed E-state index contributed by atoms with van der Waals surface area (Å²) >= 11 is 6.11. The summed E-state index contributed by atoms with van der Waals surface area (Å²) in [6.45, 7) is 7.81. The number of carbonyl (C=O) groups is 3. The van der Waals surface area contributed by atoms with Crippen LogP contribution in [-0.4, -0.2) is 78.8 Å². The molecule has 2 fully saturated rings. The number of H-pyrrole nitrogens is 1. The third kappa shape index (κ3) is 6.91. The summed E-state index contributed by atoms with van der Waals surface area (Å²) in [5.41, 5.74) is 6.27. The lowest BCUT2D eigenvalue weighted by Crippen LogP contribution is -2.77. The molecule has 3 unspecified atom stereocenters. The molecule has 5 rings (SSSR count). The van der Waals surface area contributed by atoms with Crippen LogP contribution in [0.4, 0.5) is 0 Å². The molecule has 11 nitrogen and oxygen atoms in total. The minimum atomic E-state index is -1.05. The first kappa shape index (κ1) is 34.2. The molecule has 1 aromatic rings. The highest BCUT2D eigenvalue weighted by Crippen LogP contribution is 2.43. The first-order valence-electron chi connectivity index (χ1n) is 15.9. The Hall–Kier alpha value is -3.16. The predicted molar refractivity (Wildman–Crippen MR) is 180 cm³/mol. The highest BCUT2D eigenvalue weighted by atomic mass is 32.2. The molecule has 1 aromatic heterocycles. The quantitative estimate of drug-likeness (QED) is 0.112. The molecule has 1 amide bonds. The summed E-state index contributed by atoms with van der Waals surface area (Å²) in [6, 6.07) is -0.643. The van der Waals surface area contributed by atoms with Crippen molar-refractivity contribution in [3.05, 3.63) is 49.8 Å². The number of aliphatic hydroxyl groups excluding tert-OH is 2. The van der Waals surface area contributed by atoms with E-state index in [0.29, 0.717) is 36.4 Å². The van der Waals surface area contributed by atoms with Crippen LogP contribution in [0.25, 0.3) is 6.08 Å². The van der Waals surface area contributed by atoms with Gasteiger partial charge in [-0.15, -0.1) is 11.8 Å². The summed E-state index contributed by atoms with van der Waals surface area (Å²) in [4.78, 5) is 43.6. The third-order valence-electron chi connectivity index (χ3n) is 10.2. The van der Waals surface area contributed by atoms with E-state index in [1.54, 1.807) is 11.8 Å². The third-order valence-corrected chi connectivity index (χ3v) is 11.3. The summed E-state index contributed by atoms with van der Waals surface area (Å²) < 4.78 is 0. The van der Waals surface area contributed by atoms with Crippen LogP contribution in [0.5, 0.6) is 0 Å². The lowest BCUT2D eigenvalue weighted by atomic mass is 9.85. The van der Waals surface area contributed by atoms with E-state index >= 15 is 0 Å². The molecule has 2 saturated heterocycles. The Morgan fingerprint density at radius 2 is 1.78 bits per heavy atom. The molecule has 5 heterocycles. The van der Waals surface area contributed by atoms with Gasteiger partial charge in [0.05, 0.1) is 23.6 Å². The van der Waals surface area contributed by atoms with Crippen LogP contribution in [0.2, 0.25) is 0 Å². The summed E-state index contributed by atoms with van der Waals surface area (Å²) in [5.74, 6) is -0.488. The zero-order chi connectivity index (χ0) is 33.4. The number of carbonyl (C=O) groups excluding carboxylic acids is 1. The Balaban J connectivity index is 1.49. The molecule has 0 aromatic carbocycles. The standard InChI is InChI=1S/C33H44N4O7S2/c1-14-18(5-7-26(38)39)23(34-21(14)11-22-17(4)28(25-13-46-25)33(44)36-22)12-24-19(6-8-27(40)41)15(2)29(35-24)31(42)30-20(9-10-45)16(3)32(43)37-30/h12,16-17,20-22,30-31,34-35,42,45H,5-11,13H2,1-4H3,(H,36,44)(H,37,43)(H,38,39)(H,40,41)/p+1/b23-12+,28-25+/t16-,17?,20-,21?,22-,30?,31+/m1/s1. The topological polar surface area (TPSA) is 186 Å². The number of hydrogen-bond donors (Lipinski definition) is 9. The number of rotatable bonds is 13. The van der Waals surface area contributed by atoms with Gasteiger partial charge < -0.3 is 36.0 Å². The molecule has 8 N–H and O–H groups in total. The van der Waals surface area contributed by atoms with Gasteiger partial charge in [0.2, 0.25) is 5.91 Å². The molecule has 0 radical (unpaired) electrons. The van der Waals surface area contributed by atoms with E-state index in [0.717, 1.165) is 39.3 Å². The van der Waals surface area contributed by atoms with Gasteiger partial charge in [0.1, 0.15) is 6.10 Å². The van der Waals surface area contributed by atoms with Crippen molar-refractivity contribution >= 4 is 54.2 Å². The number of aromatic nitrogens is 1. The van der Waals surface area contributed by atoms with Crippen LogP contribution in [0.15, 0.2) is 27.3 Å². The van der Waals surface area contributed by atoms with Crippen molar-refractivity contribution in [2.45, 2.75) is 90.4 Å². The molecule has 46 heavy (non-hydrogen) atoms. The van der Waals surface area contributed by atoms with Crippen molar-refractivity contribution in [2.75, 3.05) is 11.5 Å². The van der Waals surface area contributed by atoms with Gasteiger partial charge in [-0.2, -0.15) is 12.6 Å². The number of allylic oxidation sites excluding steroid dienone is 1. The van der Waals surface area contributed by atoms with Crippen LogP contribution >= 0.6 is 24.4 Å². The van der Waals surface area contributed by atoms with Crippen LogP contribution in [-0.2, 0) is 20.8 Å². The first-order chi connectivity index (χ1) is 21.8. The Labute approximate surface area is 278 Å². The molecule has 0 spiro atoms. The maximum absolute atomic E-state index is 12.6. The molecule has 4 aliphatic heterocycles. The molecular formula is C33H45N4O7S2+. The van der Waals surface area contributed by atoms with Crippen molar-refractivity contribution in [2.24, 2.45) is 17.8 Å². The van der Waals surface area contributed by atoms with E-state index < -0.39 is 24.1 Å². The summed E-state index contributed by atoms with van der Waals surface area (Å²) in [6.07, 6.45) is 2.54. The Kier molecular flexibility index (Phi) is 10.3. The van der Waals surface area contributed by atoms with Gasteiger partial charge in [0.15, 0.2) is 6.04 Å². The lowest BCUT2D eigenvalue weighted by molar-refractivity contribution is -0.508. The van der Waals surface area contributed by atoms with Crippen LogP contribution in [0, 0.1) is 24.7 Å². The second kappa shape index (κ2) is 13.9. The number of thioether (sulfide) groups is 1. The normalized spacial score (nSPS) is 30.5. The van der Waals surface area contributed by atoms with Gasteiger partial charge in [-0.3, -0.25) is 14.4 Å². The van der Waals surface area contributed by atoms with Crippen molar-refractivity contribution in [3.8, 4) is 0 Å². The number of nitrogens with one attached hydrogen (secondary N) is 4. The molecule has 7 atom stereocenters. The first-order valence-corrected chi connectivity index (χ1v) is 17.5. The van der Waals surface area contributed by atoms with Crippen molar-refractivity contribution in [1.82, 2.24) is 15.6 Å². The Morgan fingerprint density at radius 1 is 1.11 bits per heavy atom. The molecule has 4 aliphatic rings. The summed E-state index contributed by atoms with van der Waals surface area (Å²) in [7, 11) is 0. The summed E-state index contributed by atoms with van der Waals surface area (Å²) in [5, 5.41) is 47.8. The fourth-order valence-corrected chi connectivity index (χ4v) is 8.36. The van der Waals surface area contributed by atoms with Gasteiger partial charge in [-0.25, -0.2) is 4.99 Å². The van der Waals surface area contributed by atoms with Gasteiger partial charge in [-0.1, -0.05) is 13.8 Å². The van der Waals surface area contributed by atoms with E-state index in [1.807, 2.05) is 26.8 Å². The van der Waals surface area contributed by atoms with Crippen molar-refractivity contribution < 1.29 is 39.8 Å². The molecular weight excluding hydrogens is 629 g/mol. The fraction of sp³-hybridized carbons (Fsp3) is 0.576. The van der Waals surface area contributed by atoms with Crippen molar-refractivity contribution in [3.63, 3.8) is 0 Å². The Bertz CT molecular complexity index is 1540. The zero-order valence-electron chi connectivity index (χ0n) is 26.6. The minimum Gasteiger partial charge on any atom is -0.481 e. The van der Waals surface area contributed by atoms with E-state index in [-0.39, 0.29) is 60.9 Å². The maximum Gasteiger partial charge on any atom is 0.363 e. The van der Waals surface area contributed by atoms with Gasteiger partial charge in [-0.05, 0) is 73.1 Å². The molecule has 0 bridgehead atoms. The SMILES string of the molecule is CC1=C(CCC(=O)O)/C(=C\c2[nH]c([C@H](O)C3NC(=O)[C@H](C)[C@H]3CCS)c(C)c2CCC(=O)O)NC1C[C@H]1[NH+]=C(O)/C(=C2\CS2)C1C. The predicted octanol–water partition coefficient (Wildman–Crippen LogP) is 2.38. The van der Waals surface area contributed by atoms with Gasteiger partial charge in [0.25, 0.3) is 0 Å². The molecule has 13 heteroatoms. The minimum absolute atomic E-state index is 0.00829. The number of hydrogen-bond acceptors (Lipinski definition) is 7. The maximum atomic E-state index is 12.6. The number of thiol groups is 1. The lowest BCUT2D eigenvalue weighted by Gasteiger charge is -2.25. The molecule has 0 saturated carbocycles. The molecule has 0 aliphatic carbocycles. The average molecular weight is 674 g/mol. The average Bonchev–Trinajstić information content (AvgIpc) is 3.55. The van der Waals surface area contributed by atoms with E-state index in [2.05, 4.69) is 40.2 Å². The number of aromatic amines is 1. The van der Waals surface area contributed by atoms with Gasteiger partial charge in [0, 0.05) is 52.9 Å². The van der Waals surface area contributed by atoms with E-state index in [1.165, 1.54) is 4.91 Å². The van der Waals surface area contributed by atoms with Crippen LogP contribution in [0.3, 0.4) is 0 Å². The van der Waals surface area contributed by atoms with E-state index in [9.17, 15) is 34.8 Å². The highest BCUT2D eigenvalue weighted by Gasteiger charge is 2.45. The second-order valence-corrected chi connectivity index (χ2v) is 14.5. The highest BCUT2D eigenvalue weighted by molar-refractivity contribution is 8.11. The van der Waals surface area contributed by atoms with Gasteiger partial charge >= 0.3 is 17.8 Å². The van der Waals surface area contributed by atoms with Crippen LogP contribution < -0.4 is 15.6 Å². The smallest absolute Gasteiger partial charge is 0.363 e. The largest absolute Gasteiger partial charge is 0.481 e. The number of carboxylic acids is 2. The van der Waals surface area contributed by atoms with Crippen molar-refractivity contribution in [1.29, 1.82) is 0 Å². The van der Waals surface area contributed by atoms with Crippen LogP contribution in [0.1, 0.15) is 81.5 Å². The molecule has 250 valence electrons. The van der Waals surface area contributed by atoms with E-state index in [4.69, 9.17) is 0 Å². The number of carboxylic acid groups (broad SMARTS) is 2. The number of amides is 1.